The Kier molecular flexibility index (Phi) is 6.92. The SMILES string of the molecule is Nc1ccc(-n2nnn(CCCC3CCCC3)c2=O)cc1.O.O. The van der Waals surface area contributed by atoms with Crippen LogP contribution in [0.4, 0.5) is 5.69 Å². The lowest BCUT2D eigenvalue weighted by Gasteiger charge is -2.07. The molecule has 8 heteroatoms. The first kappa shape index (κ1) is 18.9. The molecule has 1 saturated carbocycles. The Balaban J connectivity index is 0.00000132. The highest BCUT2D eigenvalue weighted by atomic mass is 16.2. The van der Waals surface area contributed by atoms with Gasteiger partial charge in [-0.15, -0.1) is 0 Å². The molecule has 0 amide bonds. The molecule has 1 aromatic heterocycles. The monoisotopic (exact) mass is 323 g/mol. The zero-order chi connectivity index (χ0) is 14.7. The number of nitrogens with two attached hydrogens (primary N) is 1. The van der Waals surface area contributed by atoms with Gasteiger partial charge in [0.05, 0.1) is 5.69 Å². The molecule has 6 N–H and O–H groups in total. The third-order valence-electron chi connectivity index (χ3n) is 4.23. The molecular formula is C15H25N5O3. The summed E-state index contributed by atoms with van der Waals surface area (Å²) in [5.41, 5.74) is 6.81. The molecule has 0 unspecified atom stereocenters. The predicted molar refractivity (Wildman–Crippen MR) is 88.5 cm³/mol. The third kappa shape index (κ3) is 4.40. The smallest absolute Gasteiger partial charge is 0.368 e. The number of benzene rings is 1. The summed E-state index contributed by atoms with van der Waals surface area (Å²) in [6, 6.07) is 7.05. The summed E-state index contributed by atoms with van der Waals surface area (Å²) < 4.78 is 2.76. The lowest BCUT2D eigenvalue weighted by molar-refractivity contribution is 0.438. The Labute approximate surface area is 134 Å². The maximum atomic E-state index is 12.3. The van der Waals surface area contributed by atoms with Gasteiger partial charge in [0, 0.05) is 12.2 Å². The van der Waals surface area contributed by atoms with Crippen LogP contribution in [0.15, 0.2) is 29.1 Å². The molecule has 1 aromatic carbocycles. The van der Waals surface area contributed by atoms with Crippen molar-refractivity contribution < 1.29 is 11.0 Å². The lowest BCUT2D eigenvalue weighted by atomic mass is 10.0. The van der Waals surface area contributed by atoms with E-state index in [1.54, 1.807) is 24.3 Å². The molecule has 1 heterocycles. The van der Waals surface area contributed by atoms with Crippen molar-refractivity contribution in [2.75, 3.05) is 5.73 Å². The number of nitrogens with zero attached hydrogens (tertiary/aromatic N) is 4. The number of rotatable bonds is 5. The topological polar surface area (TPSA) is 142 Å². The van der Waals surface area contributed by atoms with E-state index in [9.17, 15) is 4.79 Å². The Morgan fingerprint density at radius 2 is 1.74 bits per heavy atom. The molecule has 0 bridgehead atoms. The first-order valence-electron chi connectivity index (χ1n) is 7.63. The number of hydrogen-bond acceptors (Lipinski definition) is 4. The van der Waals surface area contributed by atoms with Gasteiger partial charge in [-0.05, 0) is 53.5 Å². The number of nitrogen functional groups attached to an aromatic ring is 1. The molecule has 8 nitrogen and oxygen atoms in total. The van der Waals surface area contributed by atoms with E-state index in [2.05, 4.69) is 10.4 Å². The molecule has 0 spiro atoms. The summed E-state index contributed by atoms with van der Waals surface area (Å²) in [5.74, 6) is 0.841. The van der Waals surface area contributed by atoms with E-state index in [1.165, 1.54) is 41.5 Å². The van der Waals surface area contributed by atoms with Crippen molar-refractivity contribution in [3.8, 4) is 5.69 Å². The van der Waals surface area contributed by atoms with Gasteiger partial charge in [0.2, 0.25) is 0 Å². The van der Waals surface area contributed by atoms with Gasteiger partial charge < -0.3 is 16.7 Å². The van der Waals surface area contributed by atoms with Gasteiger partial charge in [0.1, 0.15) is 0 Å². The predicted octanol–water partition coefficient (Wildman–Crippen LogP) is 0.332. The highest BCUT2D eigenvalue weighted by Gasteiger charge is 2.15. The van der Waals surface area contributed by atoms with E-state index in [0.717, 1.165) is 12.3 Å². The fraction of sp³-hybridized carbons (Fsp3) is 0.533. The van der Waals surface area contributed by atoms with Gasteiger partial charge in [-0.25, -0.2) is 4.79 Å². The number of aryl methyl sites for hydroxylation is 1. The molecule has 128 valence electrons. The fourth-order valence-electron chi connectivity index (χ4n) is 3.02. The zero-order valence-corrected chi connectivity index (χ0v) is 13.1. The van der Waals surface area contributed by atoms with Crippen LogP contribution in [0, 0.1) is 5.92 Å². The van der Waals surface area contributed by atoms with Crippen LogP contribution >= 0.6 is 0 Å². The molecule has 0 atom stereocenters. The second kappa shape index (κ2) is 8.44. The molecule has 3 rings (SSSR count). The first-order chi connectivity index (χ1) is 10.2. The number of tetrazole rings is 1. The maximum Gasteiger partial charge on any atom is 0.368 e. The van der Waals surface area contributed by atoms with Gasteiger partial charge in [0.15, 0.2) is 0 Å². The number of anilines is 1. The van der Waals surface area contributed by atoms with E-state index in [1.807, 2.05) is 0 Å². The van der Waals surface area contributed by atoms with Crippen LogP contribution in [-0.2, 0) is 6.54 Å². The second-order valence-electron chi connectivity index (χ2n) is 5.78. The van der Waals surface area contributed by atoms with Crippen molar-refractivity contribution >= 4 is 5.69 Å². The lowest BCUT2D eigenvalue weighted by Crippen LogP contribution is -2.24. The molecule has 2 aromatic rings. The van der Waals surface area contributed by atoms with Gasteiger partial charge in [-0.1, -0.05) is 25.7 Å². The molecule has 1 fully saturated rings. The van der Waals surface area contributed by atoms with Crippen LogP contribution in [-0.4, -0.2) is 30.7 Å². The molecule has 0 saturated heterocycles. The molecular weight excluding hydrogens is 298 g/mol. The fourth-order valence-corrected chi connectivity index (χ4v) is 3.02. The van der Waals surface area contributed by atoms with Crippen LogP contribution in [0.25, 0.3) is 5.69 Å². The van der Waals surface area contributed by atoms with Crippen LogP contribution in [0.2, 0.25) is 0 Å². The van der Waals surface area contributed by atoms with Crippen molar-refractivity contribution in [2.24, 2.45) is 5.92 Å². The minimum absolute atomic E-state index is 0. The summed E-state index contributed by atoms with van der Waals surface area (Å²) in [6.07, 6.45) is 7.57. The third-order valence-corrected chi connectivity index (χ3v) is 4.23. The van der Waals surface area contributed by atoms with Crippen LogP contribution in [0.1, 0.15) is 38.5 Å². The van der Waals surface area contributed by atoms with Crippen molar-refractivity contribution in [1.29, 1.82) is 0 Å². The van der Waals surface area contributed by atoms with E-state index >= 15 is 0 Å². The summed E-state index contributed by atoms with van der Waals surface area (Å²) in [5, 5.41) is 7.91. The largest absolute Gasteiger partial charge is 0.412 e. The van der Waals surface area contributed by atoms with E-state index < -0.39 is 0 Å². The highest BCUT2D eigenvalue weighted by molar-refractivity contribution is 5.44. The summed E-state index contributed by atoms with van der Waals surface area (Å²) >= 11 is 0. The Bertz CT molecular complexity index is 644. The molecule has 1 aliphatic rings. The Hall–Kier alpha value is -2.19. The maximum absolute atomic E-state index is 12.3. The first-order valence-corrected chi connectivity index (χ1v) is 7.63. The molecule has 23 heavy (non-hydrogen) atoms. The Morgan fingerprint density at radius 3 is 2.39 bits per heavy atom. The van der Waals surface area contributed by atoms with Gasteiger partial charge in [-0.2, -0.15) is 9.36 Å². The summed E-state index contributed by atoms with van der Waals surface area (Å²) in [4.78, 5) is 12.3. The van der Waals surface area contributed by atoms with Crippen molar-refractivity contribution in [1.82, 2.24) is 19.8 Å². The average Bonchev–Trinajstić information content (AvgIpc) is 3.11. The highest BCUT2D eigenvalue weighted by Crippen LogP contribution is 2.28. The quantitative estimate of drug-likeness (QED) is 0.791. The van der Waals surface area contributed by atoms with Crippen LogP contribution in [0.5, 0.6) is 0 Å². The Morgan fingerprint density at radius 1 is 1.09 bits per heavy atom. The summed E-state index contributed by atoms with van der Waals surface area (Å²) in [6.45, 7) is 0.643. The minimum atomic E-state index is -0.189. The van der Waals surface area contributed by atoms with Gasteiger partial charge in [0.25, 0.3) is 0 Å². The molecule has 0 radical (unpaired) electrons. The van der Waals surface area contributed by atoms with Gasteiger partial charge >= 0.3 is 5.69 Å². The summed E-state index contributed by atoms with van der Waals surface area (Å²) in [7, 11) is 0. The van der Waals surface area contributed by atoms with Gasteiger partial charge in [-0.3, -0.25) is 0 Å². The minimum Gasteiger partial charge on any atom is -0.412 e. The molecule has 1 aliphatic carbocycles. The van der Waals surface area contributed by atoms with E-state index in [0.29, 0.717) is 17.9 Å². The van der Waals surface area contributed by atoms with Crippen molar-refractivity contribution in [2.45, 2.75) is 45.1 Å². The van der Waals surface area contributed by atoms with Crippen molar-refractivity contribution in [3.63, 3.8) is 0 Å². The second-order valence-corrected chi connectivity index (χ2v) is 5.78. The van der Waals surface area contributed by atoms with Crippen LogP contribution < -0.4 is 11.4 Å². The standard InChI is InChI=1S/C15H21N5O.2H2O/c16-13-7-9-14(10-8-13)20-15(21)19(17-18-20)11-3-6-12-4-1-2-5-12;;/h7-10,12H,1-6,11,16H2;2*1H2. The van der Waals surface area contributed by atoms with E-state index in [4.69, 9.17) is 5.73 Å². The van der Waals surface area contributed by atoms with Crippen molar-refractivity contribution in [3.05, 3.63) is 34.7 Å². The number of aromatic nitrogens is 4. The zero-order valence-electron chi connectivity index (χ0n) is 13.1. The van der Waals surface area contributed by atoms with Crippen LogP contribution in [0.3, 0.4) is 0 Å². The number of hydrogen-bond donors (Lipinski definition) is 1. The normalized spacial score (nSPS) is 14.3. The van der Waals surface area contributed by atoms with E-state index in [-0.39, 0.29) is 16.6 Å². The average molecular weight is 323 g/mol. The molecule has 0 aliphatic heterocycles.